The summed E-state index contributed by atoms with van der Waals surface area (Å²) in [7, 11) is 0. The summed E-state index contributed by atoms with van der Waals surface area (Å²) in [5, 5.41) is 0. The molecule has 0 amide bonds. The van der Waals surface area contributed by atoms with E-state index in [-0.39, 0.29) is 0 Å². The van der Waals surface area contributed by atoms with Gasteiger partial charge in [-0.2, -0.15) is 0 Å². The van der Waals surface area contributed by atoms with Gasteiger partial charge >= 0.3 is 0 Å². The van der Waals surface area contributed by atoms with Crippen molar-refractivity contribution in [1.29, 1.82) is 0 Å². The molecular weight excluding hydrogens is 120 g/mol. The van der Waals surface area contributed by atoms with Crippen molar-refractivity contribution in [2.45, 2.75) is 39.5 Å². The van der Waals surface area contributed by atoms with Gasteiger partial charge in [-0.15, -0.1) is 6.58 Å². The maximum Gasteiger partial charge on any atom is -0.0149 e. The van der Waals surface area contributed by atoms with E-state index in [9.17, 15) is 0 Å². The Morgan fingerprint density at radius 2 is 1.90 bits per heavy atom. The van der Waals surface area contributed by atoms with Crippen LogP contribution in [0.2, 0.25) is 0 Å². The molecule has 0 saturated heterocycles. The van der Waals surface area contributed by atoms with Crippen LogP contribution >= 0.6 is 0 Å². The van der Waals surface area contributed by atoms with E-state index in [0.717, 1.165) is 5.92 Å². The number of hydrogen-bond donors (Lipinski definition) is 0. The fourth-order valence-electron chi connectivity index (χ4n) is 1.63. The van der Waals surface area contributed by atoms with Gasteiger partial charge in [0.2, 0.25) is 0 Å². The number of rotatable bonds is 1. The SMILES string of the molecule is C=CC1(C)CCC(C)CC1. The van der Waals surface area contributed by atoms with Crippen LogP contribution in [0.25, 0.3) is 0 Å². The Kier molecular flexibility index (Phi) is 2.18. The molecule has 0 nitrogen and oxygen atoms in total. The fraction of sp³-hybridized carbons (Fsp3) is 0.800. The number of allylic oxidation sites excluding steroid dienone is 1. The lowest BCUT2D eigenvalue weighted by molar-refractivity contribution is 0.234. The largest absolute Gasteiger partial charge is 0.103 e. The Labute approximate surface area is 64.3 Å². The molecule has 0 radical (unpaired) electrons. The monoisotopic (exact) mass is 138 g/mol. The van der Waals surface area contributed by atoms with Gasteiger partial charge in [-0.3, -0.25) is 0 Å². The van der Waals surface area contributed by atoms with Crippen molar-refractivity contribution in [3.8, 4) is 0 Å². The molecule has 0 bridgehead atoms. The molecule has 1 aliphatic rings. The van der Waals surface area contributed by atoms with Crippen LogP contribution in [0.5, 0.6) is 0 Å². The third-order valence-electron chi connectivity index (χ3n) is 2.91. The van der Waals surface area contributed by atoms with Gasteiger partial charge in [-0.05, 0) is 37.0 Å². The molecule has 1 aliphatic carbocycles. The van der Waals surface area contributed by atoms with Crippen LogP contribution in [-0.2, 0) is 0 Å². The molecule has 0 aromatic carbocycles. The molecule has 0 aromatic heterocycles. The average molecular weight is 138 g/mol. The molecule has 0 aromatic rings. The summed E-state index contributed by atoms with van der Waals surface area (Å²) >= 11 is 0. The molecule has 58 valence electrons. The minimum Gasteiger partial charge on any atom is -0.103 e. The second kappa shape index (κ2) is 2.77. The van der Waals surface area contributed by atoms with Gasteiger partial charge in [0, 0.05) is 0 Å². The summed E-state index contributed by atoms with van der Waals surface area (Å²) in [6.45, 7) is 8.56. The van der Waals surface area contributed by atoms with E-state index in [1.54, 1.807) is 0 Å². The first-order chi connectivity index (χ1) is 4.66. The second-order valence-electron chi connectivity index (χ2n) is 4.04. The van der Waals surface area contributed by atoms with Crippen LogP contribution in [-0.4, -0.2) is 0 Å². The predicted octanol–water partition coefficient (Wildman–Crippen LogP) is 3.39. The van der Waals surface area contributed by atoms with Crippen LogP contribution in [0.1, 0.15) is 39.5 Å². The predicted molar refractivity (Wildman–Crippen MR) is 45.9 cm³/mol. The maximum absolute atomic E-state index is 3.88. The summed E-state index contributed by atoms with van der Waals surface area (Å²) in [4.78, 5) is 0. The van der Waals surface area contributed by atoms with Crippen LogP contribution < -0.4 is 0 Å². The lowest BCUT2D eigenvalue weighted by atomic mass is 9.72. The third-order valence-corrected chi connectivity index (χ3v) is 2.91. The molecule has 1 saturated carbocycles. The van der Waals surface area contributed by atoms with Crippen LogP contribution in [0, 0.1) is 11.3 Å². The molecule has 0 heteroatoms. The van der Waals surface area contributed by atoms with E-state index in [1.165, 1.54) is 25.7 Å². The van der Waals surface area contributed by atoms with Crippen molar-refractivity contribution in [3.63, 3.8) is 0 Å². The smallest absolute Gasteiger partial charge is 0.0149 e. The summed E-state index contributed by atoms with van der Waals surface area (Å²) in [6.07, 6.45) is 7.61. The molecular formula is C10H18. The Hall–Kier alpha value is -0.260. The first kappa shape index (κ1) is 7.84. The van der Waals surface area contributed by atoms with Crippen molar-refractivity contribution in [3.05, 3.63) is 12.7 Å². The zero-order valence-electron chi connectivity index (χ0n) is 7.19. The molecule has 0 N–H and O–H groups in total. The van der Waals surface area contributed by atoms with E-state index >= 15 is 0 Å². The van der Waals surface area contributed by atoms with Crippen molar-refractivity contribution in [2.75, 3.05) is 0 Å². The van der Waals surface area contributed by atoms with Gasteiger partial charge in [0.25, 0.3) is 0 Å². The average Bonchev–Trinajstić information content (AvgIpc) is 1.96. The zero-order chi connectivity index (χ0) is 7.61. The van der Waals surface area contributed by atoms with E-state index in [1.807, 2.05) is 0 Å². The van der Waals surface area contributed by atoms with Gasteiger partial charge < -0.3 is 0 Å². The number of hydrogen-bond acceptors (Lipinski definition) is 0. The van der Waals surface area contributed by atoms with Gasteiger partial charge in [0.05, 0.1) is 0 Å². The minimum absolute atomic E-state index is 0.465. The highest BCUT2D eigenvalue weighted by Crippen LogP contribution is 2.38. The van der Waals surface area contributed by atoms with Crippen molar-refractivity contribution in [1.82, 2.24) is 0 Å². The van der Waals surface area contributed by atoms with Crippen molar-refractivity contribution < 1.29 is 0 Å². The van der Waals surface area contributed by atoms with Gasteiger partial charge in [-0.1, -0.05) is 19.9 Å². The summed E-state index contributed by atoms with van der Waals surface area (Å²) in [5.41, 5.74) is 0.465. The fourth-order valence-corrected chi connectivity index (χ4v) is 1.63. The second-order valence-corrected chi connectivity index (χ2v) is 4.04. The van der Waals surface area contributed by atoms with Gasteiger partial charge in [0.1, 0.15) is 0 Å². The summed E-state index contributed by atoms with van der Waals surface area (Å²) in [5.74, 6) is 0.952. The zero-order valence-corrected chi connectivity index (χ0v) is 7.19. The molecule has 1 rings (SSSR count). The van der Waals surface area contributed by atoms with Gasteiger partial charge in [-0.25, -0.2) is 0 Å². The van der Waals surface area contributed by atoms with Crippen molar-refractivity contribution in [2.24, 2.45) is 11.3 Å². The summed E-state index contributed by atoms with van der Waals surface area (Å²) < 4.78 is 0. The Balaban J connectivity index is 2.46. The Morgan fingerprint density at radius 1 is 1.40 bits per heavy atom. The molecule has 0 aliphatic heterocycles. The molecule has 1 fully saturated rings. The first-order valence-corrected chi connectivity index (χ1v) is 4.30. The third kappa shape index (κ3) is 1.62. The first-order valence-electron chi connectivity index (χ1n) is 4.30. The molecule has 0 atom stereocenters. The molecule has 0 heterocycles. The van der Waals surface area contributed by atoms with E-state index in [2.05, 4.69) is 26.5 Å². The molecule has 0 spiro atoms. The minimum atomic E-state index is 0.465. The molecule has 10 heavy (non-hydrogen) atoms. The van der Waals surface area contributed by atoms with Crippen LogP contribution in [0.4, 0.5) is 0 Å². The Morgan fingerprint density at radius 3 is 2.30 bits per heavy atom. The van der Waals surface area contributed by atoms with Crippen LogP contribution in [0.15, 0.2) is 12.7 Å². The highest BCUT2D eigenvalue weighted by Gasteiger charge is 2.25. The summed E-state index contributed by atoms with van der Waals surface area (Å²) in [6, 6.07) is 0. The molecule has 0 unspecified atom stereocenters. The Bertz CT molecular complexity index is 116. The lowest BCUT2D eigenvalue weighted by Gasteiger charge is -2.33. The highest BCUT2D eigenvalue weighted by molar-refractivity contribution is 4.94. The maximum atomic E-state index is 3.88. The highest BCUT2D eigenvalue weighted by atomic mass is 14.3. The van der Waals surface area contributed by atoms with Crippen LogP contribution in [0.3, 0.4) is 0 Å². The topological polar surface area (TPSA) is 0 Å². The van der Waals surface area contributed by atoms with E-state index < -0.39 is 0 Å². The standard InChI is InChI=1S/C10H18/c1-4-10(3)7-5-9(2)6-8-10/h4,9H,1,5-8H2,2-3H3. The quantitative estimate of drug-likeness (QED) is 0.487. The van der Waals surface area contributed by atoms with E-state index in [0.29, 0.717) is 5.41 Å². The van der Waals surface area contributed by atoms with Crippen molar-refractivity contribution >= 4 is 0 Å². The van der Waals surface area contributed by atoms with Gasteiger partial charge in [0.15, 0.2) is 0 Å². The normalized spacial score (nSPS) is 41.2. The van der Waals surface area contributed by atoms with E-state index in [4.69, 9.17) is 0 Å². The lowest BCUT2D eigenvalue weighted by Crippen LogP contribution is -2.20.